The minimum atomic E-state index is -2.56. The highest BCUT2D eigenvalue weighted by atomic mass is 19.3. The summed E-state index contributed by atoms with van der Waals surface area (Å²) < 4.78 is 31.8. The zero-order chi connectivity index (χ0) is 22.9. The molecule has 0 aliphatic carbocycles. The van der Waals surface area contributed by atoms with Crippen LogP contribution in [-0.2, 0) is 5.41 Å². The number of fused-ring (bicyclic) bond motifs is 1. The first-order valence-electron chi connectivity index (χ1n) is 10.5. The van der Waals surface area contributed by atoms with E-state index in [1.54, 1.807) is 0 Å². The Morgan fingerprint density at radius 1 is 1.13 bits per heavy atom. The molecule has 164 valence electrons. The van der Waals surface area contributed by atoms with E-state index >= 15 is 0 Å². The number of allylic oxidation sites excluding steroid dienone is 3. The van der Waals surface area contributed by atoms with Crippen LogP contribution in [0.4, 0.5) is 8.78 Å². The van der Waals surface area contributed by atoms with Crippen LogP contribution in [0.3, 0.4) is 0 Å². The van der Waals surface area contributed by atoms with Crippen molar-refractivity contribution >= 4 is 22.0 Å². The second kappa shape index (κ2) is 8.70. The molecule has 0 spiro atoms. The van der Waals surface area contributed by atoms with Gasteiger partial charge >= 0.3 is 0 Å². The lowest BCUT2D eigenvalue weighted by atomic mass is 9.82. The van der Waals surface area contributed by atoms with Gasteiger partial charge in [-0.25, -0.2) is 8.78 Å². The molecule has 0 bridgehead atoms. The van der Waals surface area contributed by atoms with E-state index < -0.39 is 13.0 Å². The molecule has 3 rings (SSSR count). The van der Waals surface area contributed by atoms with Crippen molar-refractivity contribution in [2.75, 3.05) is 6.61 Å². The van der Waals surface area contributed by atoms with Gasteiger partial charge in [0.2, 0.25) is 0 Å². The van der Waals surface area contributed by atoms with Crippen molar-refractivity contribution in [3.63, 3.8) is 0 Å². The zero-order valence-corrected chi connectivity index (χ0v) is 19.2. The van der Waals surface area contributed by atoms with Gasteiger partial charge in [0, 0.05) is 33.8 Å². The fraction of sp³-hybridized carbons (Fsp3) is 0.333. The van der Waals surface area contributed by atoms with Gasteiger partial charge in [0.05, 0.1) is 0 Å². The molecule has 1 aromatic heterocycles. The molecule has 0 fully saturated rings. The summed E-state index contributed by atoms with van der Waals surface area (Å²) in [5, 5.41) is 1.03. The highest BCUT2D eigenvalue weighted by Gasteiger charge is 2.23. The number of hydrogen-bond donors (Lipinski definition) is 1. The smallest absolute Gasteiger partial charge is 0.272 e. The van der Waals surface area contributed by atoms with Crippen LogP contribution in [0.15, 0.2) is 49.2 Å². The second-order valence-corrected chi connectivity index (χ2v) is 9.07. The summed E-state index contributed by atoms with van der Waals surface area (Å²) in [6.07, 6.45) is 1.45. The van der Waals surface area contributed by atoms with Crippen LogP contribution in [-0.4, -0.2) is 18.0 Å². The Morgan fingerprint density at radius 2 is 1.84 bits per heavy atom. The van der Waals surface area contributed by atoms with Crippen molar-refractivity contribution in [3.05, 3.63) is 65.9 Å². The number of alkyl halides is 2. The molecule has 2 aromatic carbocycles. The molecule has 1 N–H and O–H groups in total. The number of hydrogen-bond acceptors (Lipinski definition) is 1. The number of benzene rings is 2. The standard InChI is InChI=1S/C27H31F2NO/c1-8-17(4)18-9-10-24-21(11-18)23(14-30-24)22-13-19(27(5,6)7)12-20(16(2)3)26(22)31-15-25(28)29/h8-14,25,30H,2,15H2,1,3-7H3/b17-8+. The maximum Gasteiger partial charge on any atom is 0.272 e. The SMILES string of the molecule is C=C(C)c1cc(C(C)(C)C)cc(-c2c[nH]c3ccc(/C(C)=C/C)cc23)c1OCC(F)F. The summed E-state index contributed by atoms with van der Waals surface area (Å²) in [6.45, 7) is 15.8. The molecule has 0 unspecified atom stereocenters. The Balaban J connectivity index is 2.34. The van der Waals surface area contributed by atoms with E-state index in [1.165, 1.54) is 5.57 Å². The minimum absolute atomic E-state index is 0.126. The van der Waals surface area contributed by atoms with Crippen molar-refractivity contribution in [1.29, 1.82) is 0 Å². The molecule has 0 saturated carbocycles. The molecule has 0 aliphatic rings. The highest BCUT2D eigenvalue weighted by Crippen LogP contribution is 2.43. The topological polar surface area (TPSA) is 25.0 Å². The Hall–Kier alpha value is -2.88. The predicted molar refractivity (Wildman–Crippen MR) is 128 cm³/mol. The Morgan fingerprint density at radius 3 is 2.42 bits per heavy atom. The minimum Gasteiger partial charge on any atom is -0.486 e. The third kappa shape index (κ3) is 4.73. The molecule has 0 atom stereocenters. The molecule has 0 amide bonds. The van der Waals surface area contributed by atoms with Gasteiger partial charge in [-0.05, 0) is 72.7 Å². The Labute approximate surface area is 183 Å². The van der Waals surface area contributed by atoms with Crippen LogP contribution in [0.25, 0.3) is 33.2 Å². The van der Waals surface area contributed by atoms with Gasteiger partial charge in [0.1, 0.15) is 12.4 Å². The third-order valence-electron chi connectivity index (χ3n) is 5.63. The molecule has 31 heavy (non-hydrogen) atoms. The number of aromatic nitrogens is 1. The lowest BCUT2D eigenvalue weighted by Crippen LogP contribution is -2.14. The first kappa shape index (κ1) is 22.8. The summed E-state index contributed by atoms with van der Waals surface area (Å²) in [5.41, 5.74) is 7.53. The molecule has 0 saturated heterocycles. The van der Waals surface area contributed by atoms with Crippen molar-refractivity contribution in [2.24, 2.45) is 0 Å². The van der Waals surface area contributed by atoms with Gasteiger partial charge in [0.25, 0.3) is 6.43 Å². The lowest BCUT2D eigenvalue weighted by Gasteiger charge is -2.24. The van der Waals surface area contributed by atoms with E-state index in [-0.39, 0.29) is 5.41 Å². The average molecular weight is 424 g/mol. The van der Waals surface area contributed by atoms with E-state index in [1.807, 2.05) is 32.2 Å². The predicted octanol–water partition coefficient (Wildman–Crippen LogP) is 8.23. The molecule has 3 aromatic rings. The molecule has 0 aliphatic heterocycles. The molecular formula is C27H31F2NO. The van der Waals surface area contributed by atoms with Gasteiger partial charge in [-0.2, -0.15) is 0 Å². The maximum atomic E-state index is 13.1. The number of rotatable bonds is 6. The first-order chi connectivity index (χ1) is 14.5. The van der Waals surface area contributed by atoms with E-state index in [0.717, 1.165) is 44.3 Å². The fourth-order valence-electron chi connectivity index (χ4n) is 3.64. The van der Waals surface area contributed by atoms with E-state index in [2.05, 4.69) is 63.5 Å². The molecule has 0 radical (unpaired) electrons. The van der Waals surface area contributed by atoms with Crippen molar-refractivity contribution < 1.29 is 13.5 Å². The van der Waals surface area contributed by atoms with Crippen LogP contribution < -0.4 is 4.74 Å². The van der Waals surface area contributed by atoms with Crippen LogP contribution in [0.2, 0.25) is 0 Å². The van der Waals surface area contributed by atoms with Crippen LogP contribution >= 0.6 is 0 Å². The van der Waals surface area contributed by atoms with Gasteiger partial charge in [-0.3, -0.25) is 0 Å². The number of H-pyrrole nitrogens is 1. The van der Waals surface area contributed by atoms with Crippen LogP contribution in [0, 0.1) is 0 Å². The highest BCUT2D eigenvalue weighted by molar-refractivity contribution is 5.99. The van der Waals surface area contributed by atoms with Crippen molar-refractivity contribution in [2.45, 2.75) is 53.4 Å². The quantitative estimate of drug-likeness (QED) is 0.424. The first-order valence-corrected chi connectivity index (χ1v) is 10.5. The number of ether oxygens (including phenoxy) is 1. The average Bonchev–Trinajstić information content (AvgIpc) is 3.13. The molecule has 2 nitrogen and oxygen atoms in total. The van der Waals surface area contributed by atoms with Crippen LogP contribution in [0.1, 0.15) is 58.2 Å². The van der Waals surface area contributed by atoms with Gasteiger partial charge in [-0.1, -0.05) is 39.5 Å². The normalized spacial score (nSPS) is 12.6. The number of aromatic amines is 1. The Kier molecular flexibility index (Phi) is 6.40. The van der Waals surface area contributed by atoms with Crippen molar-refractivity contribution in [1.82, 2.24) is 4.98 Å². The van der Waals surface area contributed by atoms with E-state index in [4.69, 9.17) is 4.74 Å². The largest absolute Gasteiger partial charge is 0.486 e. The van der Waals surface area contributed by atoms with Gasteiger partial charge in [-0.15, -0.1) is 0 Å². The number of halogens is 2. The molecular weight excluding hydrogens is 392 g/mol. The second-order valence-electron chi connectivity index (χ2n) is 9.07. The maximum absolute atomic E-state index is 13.1. The lowest BCUT2D eigenvalue weighted by molar-refractivity contribution is 0.0820. The molecule has 4 heteroatoms. The monoisotopic (exact) mass is 423 g/mol. The third-order valence-corrected chi connectivity index (χ3v) is 5.63. The summed E-state index contributed by atoms with van der Waals surface area (Å²) in [4.78, 5) is 3.32. The van der Waals surface area contributed by atoms with E-state index in [9.17, 15) is 8.78 Å². The summed E-state index contributed by atoms with van der Waals surface area (Å²) in [6, 6.07) is 10.3. The number of nitrogens with one attached hydrogen (secondary N) is 1. The zero-order valence-electron chi connectivity index (χ0n) is 19.2. The fourth-order valence-corrected chi connectivity index (χ4v) is 3.64. The molecule has 1 heterocycles. The van der Waals surface area contributed by atoms with Crippen molar-refractivity contribution in [3.8, 4) is 16.9 Å². The van der Waals surface area contributed by atoms with Gasteiger partial charge in [0.15, 0.2) is 0 Å². The van der Waals surface area contributed by atoms with Crippen LogP contribution in [0.5, 0.6) is 5.75 Å². The summed E-state index contributed by atoms with van der Waals surface area (Å²) in [7, 11) is 0. The Bertz CT molecular complexity index is 1150. The van der Waals surface area contributed by atoms with Gasteiger partial charge < -0.3 is 9.72 Å². The summed E-state index contributed by atoms with van der Waals surface area (Å²) >= 11 is 0. The van der Waals surface area contributed by atoms with E-state index in [0.29, 0.717) is 5.75 Å². The summed E-state index contributed by atoms with van der Waals surface area (Å²) in [5.74, 6) is 0.454.